The first kappa shape index (κ1) is 10.3. The summed E-state index contributed by atoms with van der Waals surface area (Å²) in [5.74, 6) is 0. The minimum Gasteiger partial charge on any atom is -0.300 e. The van der Waals surface area contributed by atoms with E-state index in [0.717, 1.165) is 6.42 Å². The highest BCUT2D eigenvalue weighted by Crippen LogP contribution is 2.28. The molecule has 0 saturated carbocycles. The van der Waals surface area contributed by atoms with Crippen molar-refractivity contribution < 1.29 is 0 Å². The fraction of sp³-hybridized carbons (Fsp3) is 0.417. The van der Waals surface area contributed by atoms with Gasteiger partial charge in [0, 0.05) is 5.54 Å². The molecule has 0 saturated heterocycles. The zero-order valence-electron chi connectivity index (χ0n) is 8.75. The Hall–Kier alpha value is -0.820. The highest BCUT2D eigenvalue weighted by molar-refractivity contribution is 5.25. The number of hydrogen-bond acceptors (Lipinski definition) is 1. The van der Waals surface area contributed by atoms with Gasteiger partial charge in [-0.1, -0.05) is 37.3 Å². The van der Waals surface area contributed by atoms with Gasteiger partial charge in [0.05, 0.1) is 0 Å². The van der Waals surface area contributed by atoms with Crippen molar-refractivity contribution in [2.75, 3.05) is 14.1 Å². The van der Waals surface area contributed by atoms with Gasteiger partial charge >= 0.3 is 0 Å². The molecule has 1 nitrogen and oxygen atoms in total. The van der Waals surface area contributed by atoms with Gasteiger partial charge in [-0.25, -0.2) is 0 Å². The maximum Gasteiger partial charge on any atom is 0.0452 e. The molecule has 0 bridgehead atoms. The molecule has 1 atom stereocenters. The summed E-state index contributed by atoms with van der Waals surface area (Å²) < 4.78 is 0. The Morgan fingerprint density at radius 3 is 2.15 bits per heavy atom. The molecular formula is C12H18N. The summed E-state index contributed by atoms with van der Waals surface area (Å²) in [7, 11) is 4.15. The van der Waals surface area contributed by atoms with E-state index in [0.29, 0.717) is 0 Å². The number of hydrogen-bond donors (Lipinski definition) is 0. The Morgan fingerprint density at radius 2 is 1.77 bits per heavy atom. The number of benzene rings is 1. The minimum atomic E-state index is -0.0821. The summed E-state index contributed by atoms with van der Waals surface area (Å²) in [6, 6.07) is 10.4. The van der Waals surface area contributed by atoms with Crippen LogP contribution in [0, 0.1) is 6.92 Å². The van der Waals surface area contributed by atoms with Crippen LogP contribution in [0.4, 0.5) is 0 Å². The molecule has 13 heavy (non-hydrogen) atoms. The molecule has 71 valence electrons. The van der Waals surface area contributed by atoms with Crippen LogP contribution in [0.2, 0.25) is 0 Å². The summed E-state index contributed by atoms with van der Waals surface area (Å²) in [6.07, 6.45) is 1.02. The first-order valence-corrected chi connectivity index (χ1v) is 4.69. The van der Waals surface area contributed by atoms with Gasteiger partial charge in [-0.2, -0.15) is 0 Å². The SMILES string of the molecule is [CH2]C(CC)(c1ccccc1)N(C)C. The second kappa shape index (κ2) is 3.93. The monoisotopic (exact) mass is 176 g/mol. The van der Waals surface area contributed by atoms with E-state index in [4.69, 9.17) is 0 Å². The Labute approximate surface area is 81.4 Å². The molecule has 0 spiro atoms. The van der Waals surface area contributed by atoms with Crippen LogP contribution >= 0.6 is 0 Å². The first-order valence-electron chi connectivity index (χ1n) is 4.69. The highest BCUT2D eigenvalue weighted by Gasteiger charge is 2.26. The van der Waals surface area contributed by atoms with E-state index in [2.05, 4.69) is 57.1 Å². The van der Waals surface area contributed by atoms with E-state index in [1.165, 1.54) is 5.56 Å². The van der Waals surface area contributed by atoms with E-state index in [-0.39, 0.29) is 5.54 Å². The summed E-state index contributed by atoms with van der Waals surface area (Å²) in [5.41, 5.74) is 1.20. The van der Waals surface area contributed by atoms with Gasteiger partial charge in [0.1, 0.15) is 0 Å². The van der Waals surface area contributed by atoms with Gasteiger partial charge in [-0.15, -0.1) is 0 Å². The Morgan fingerprint density at radius 1 is 1.23 bits per heavy atom. The third-order valence-corrected chi connectivity index (χ3v) is 2.75. The topological polar surface area (TPSA) is 3.24 Å². The fourth-order valence-electron chi connectivity index (χ4n) is 1.53. The van der Waals surface area contributed by atoms with Gasteiger partial charge in [0.15, 0.2) is 0 Å². The summed E-state index contributed by atoms with van der Waals surface area (Å²) >= 11 is 0. The largest absolute Gasteiger partial charge is 0.300 e. The lowest BCUT2D eigenvalue weighted by Gasteiger charge is -2.36. The molecule has 1 radical (unpaired) electrons. The van der Waals surface area contributed by atoms with Crippen LogP contribution in [0.1, 0.15) is 18.9 Å². The maximum absolute atomic E-state index is 4.28. The van der Waals surface area contributed by atoms with Crippen LogP contribution in [0.25, 0.3) is 0 Å². The fourth-order valence-corrected chi connectivity index (χ4v) is 1.53. The standard InChI is InChI=1S/C12H18N/c1-5-12(2,13(3)4)11-9-7-6-8-10-11/h6-10H,2,5H2,1,3-4H3. The van der Waals surface area contributed by atoms with Crippen LogP contribution in [-0.2, 0) is 5.54 Å². The van der Waals surface area contributed by atoms with Gasteiger partial charge in [-0.05, 0) is 33.0 Å². The van der Waals surface area contributed by atoms with Crippen molar-refractivity contribution in [1.29, 1.82) is 0 Å². The van der Waals surface area contributed by atoms with Gasteiger partial charge in [-0.3, -0.25) is 4.90 Å². The summed E-state index contributed by atoms with van der Waals surface area (Å²) in [6.45, 7) is 6.45. The zero-order chi connectivity index (χ0) is 9.90. The molecule has 1 unspecified atom stereocenters. The highest BCUT2D eigenvalue weighted by atomic mass is 15.1. The van der Waals surface area contributed by atoms with E-state index in [1.807, 2.05) is 6.07 Å². The molecular weight excluding hydrogens is 158 g/mol. The van der Waals surface area contributed by atoms with Crippen molar-refractivity contribution in [3.05, 3.63) is 42.8 Å². The van der Waals surface area contributed by atoms with Crippen molar-refractivity contribution in [1.82, 2.24) is 4.90 Å². The predicted octanol–water partition coefficient (Wildman–Crippen LogP) is 2.69. The minimum absolute atomic E-state index is 0.0821. The molecule has 0 fully saturated rings. The maximum atomic E-state index is 4.28. The van der Waals surface area contributed by atoms with E-state index < -0.39 is 0 Å². The Balaban J connectivity index is 3.03. The normalized spacial score (nSPS) is 15.8. The van der Waals surface area contributed by atoms with Crippen molar-refractivity contribution in [2.24, 2.45) is 0 Å². The summed E-state index contributed by atoms with van der Waals surface area (Å²) in [5, 5.41) is 0. The molecule has 0 heterocycles. The quantitative estimate of drug-likeness (QED) is 0.684. The molecule has 0 aromatic heterocycles. The van der Waals surface area contributed by atoms with Crippen molar-refractivity contribution >= 4 is 0 Å². The molecule has 0 N–H and O–H groups in total. The lowest BCUT2D eigenvalue weighted by molar-refractivity contribution is 0.199. The van der Waals surface area contributed by atoms with Crippen LogP contribution in [0.5, 0.6) is 0 Å². The van der Waals surface area contributed by atoms with Crippen molar-refractivity contribution in [3.8, 4) is 0 Å². The lowest BCUT2D eigenvalue weighted by atomic mass is 9.88. The molecule has 0 amide bonds. The average Bonchev–Trinajstić information content (AvgIpc) is 2.17. The molecule has 0 aliphatic carbocycles. The second-order valence-electron chi connectivity index (χ2n) is 3.65. The molecule has 1 aromatic rings. The van der Waals surface area contributed by atoms with Gasteiger partial charge < -0.3 is 0 Å². The van der Waals surface area contributed by atoms with Gasteiger partial charge in [0.2, 0.25) is 0 Å². The third-order valence-electron chi connectivity index (χ3n) is 2.75. The zero-order valence-corrected chi connectivity index (χ0v) is 8.75. The average molecular weight is 176 g/mol. The summed E-state index contributed by atoms with van der Waals surface area (Å²) in [4.78, 5) is 2.17. The van der Waals surface area contributed by atoms with Crippen LogP contribution < -0.4 is 0 Å². The molecule has 1 rings (SSSR count). The van der Waals surface area contributed by atoms with Crippen LogP contribution in [-0.4, -0.2) is 19.0 Å². The molecule has 1 aromatic carbocycles. The molecule has 1 heteroatoms. The third kappa shape index (κ3) is 1.92. The number of rotatable bonds is 3. The van der Waals surface area contributed by atoms with E-state index >= 15 is 0 Å². The second-order valence-corrected chi connectivity index (χ2v) is 3.65. The molecule has 0 aliphatic rings. The van der Waals surface area contributed by atoms with E-state index in [1.54, 1.807) is 0 Å². The molecule has 0 aliphatic heterocycles. The van der Waals surface area contributed by atoms with Crippen LogP contribution in [0.15, 0.2) is 30.3 Å². The van der Waals surface area contributed by atoms with Crippen LogP contribution in [0.3, 0.4) is 0 Å². The van der Waals surface area contributed by atoms with Crippen molar-refractivity contribution in [3.63, 3.8) is 0 Å². The Kier molecular flexibility index (Phi) is 3.10. The van der Waals surface area contributed by atoms with E-state index in [9.17, 15) is 0 Å². The smallest absolute Gasteiger partial charge is 0.0452 e. The van der Waals surface area contributed by atoms with Crippen molar-refractivity contribution in [2.45, 2.75) is 18.9 Å². The van der Waals surface area contributed by atoms with Gasteiger partial charge in [0.25, 0.3) is 0 Å². The Bertz CT molecular complexity index is 253. The predicted molar refractivity (Wildman–Crippen MR) is 57.5 cm³/mol. The lowest BCUT2D eigenvalue weighted by Crippen LogP contribution is -2.38. The first-order chi connectivity index (χ1) is 6.11. The number of nitrogens with zero attached hydrogens (tertiary/aromatic N) is 1.